The van der Waals surface area contributed by atoms with E-state index in [4.69, 9.17) is 15.3 Å². The van der Waals surface area contributed by atoms with E-state index in [9.17, 15) is 0 Å². The Kier molecular flexibility index (Phi) is 4.20. The molecule has 0 saturated heterocycles. The summed E-state index contributed by atoms with van der Waals surface area (Å²) in [6.07, 6.45) is 0. The van der Waals surface area contributed by atoms with Crippen LogP contribution in [-0.2, 0) is 0 Å². The zero-order valence-corrected chi connectivity index (χ0v) is 9.28. The molecule has 0 atom stereocenters. The Bertz CT molecular complexity index is 318. The third-order valence-electron chi connectivity index (χ3n) is 2.13. The molecule has 0 fully saturated rings. The molecule has 0 aliphatic heterocycles. The van der Waals surface area contributed by atoms with E-state index in [1.165, 1.54) is 0 Å². The van der Waals surface area contributed by atoms with Crippen LogP contribution in [0.15, 0.2) is 18.2 Å². The maximum atomic E-state index is 5.27. The predicted molar refractivity (Wildman–Crippen MR) is 60.1 cm³/mol. The van der Waals surface area contributed by atoms with Gasteiger partial charge >= 0.3 is 0 Å². The van der Waals surface area contributed by atoms with Crippen molar-refractivity contribution < 1.29 is 9.47 Å². The van der Waals surface area contributed by atoms with Gasteiger partial charge < -0.3 is 14.4 Å². The first-order chi connectivity index (χ1) is 7.22. The van der Waals surface area contributed by atoms with E-state index < -0.39 is 0 Å². The topological polar surface area (TPSA) is 59.8 Å². The zero-order chi connectivity index (χ0) is 11.3. The summed E-state index contributed by atoms with van der Waals surface area (Å²) in [5, 5.41) is 0. The van der Waals surface area contributed by atoms with E-state index in [1.54, 1.807) is 14.2 Å². The summed E-state index contributed by atoms with van der Waals surface area (Å²) in [4.78, 5) is 1.93. The summed E-state index contributed by atoms with van der Waals surface area (Å²) < 4.78 is 10.4. The van der Waals surface area contributed by atoms with Crippen molar-refractivity contribution in [3.05, 3.63) is 18.2 Å². The van der Waals surface area contributed by atoms with Crippen molar-refractivity contribution in [3.8, 4) is 11.5 Å². The lowest BCUT2D eigenvalue weighted by Gasteiger charge is -2.21. The molecule has 0 saturated carbocycles. The third-order valence-corrected chi connectivity index (χ3v) is 2.13. The first-order valence-corrected chi connectivity index (χ1v) is 4.59. The monoisotopic (exact) mass is 211 g/mol. The Hall–Kier alpha value is -1.46. The second-order valence-corrected chi connectivity index (χ2v) is 3.10. The van der Waals surface area contributed by atoms with Crippen LogP contribution in [0.2, 0.25) is 0 Å². The van der Waals surface area contributed by atoms with Crippen LogP contribution >= 0.6 is 0 Å². The minimum absolute atomic E-state index is 0.531. The molecule has 0 radical (unpaired) electrons. The van der Waals surface area contributed by atoms with Gasteiger partial charge in [0.15, 0.2) is 0 Å². The van der Waals surface area contributed by atoms with Gasteiger partial charge in [-0.3, -0.25) is 5.84 Å². The van der Waals surface area contributed by atoms with E-state index in [2.05, 4.69) is 5.43 Å². The molecular formula is C10H17N3O2. The number of benzene rings is 1. The van der Waals surface area contributed by atoms with Crippen LogP contribution < -0.4 is 25.6 Å². The van der Waals surface area contributed by atoms with Crippen LogP contribution in [0.25, 0.3) is 0 Å². The maximum Gasteiger partial charge on any atom is 0.142 e. The van der Waals surface area contributed by atoms with Gasteiger partial charge in [-0.05, 0) is 12.1 Å². The molecule has 0 aliphatic rings. The summed E-state index contributed by atoms with van der Waals surface area (Å²) in [5.74, 6) is 6.84. The van der Waals surface area contributed by atoms with E-state index >= 15 is 0 Å². The quantitative estimate of drug-likeness (QED) is 0.423. The summed E-state index contributed by atoms with van der Waals surface area (Å²) in [7, 11) is 5.18. The number of hydrazine groups is 1. The summed E-state index contributed by atoms with van der Waals surface area (Å²) in [6, 6.07) is 5.61. The van der Waals surface area contributed by atoms with Gasteiger partial charge in [0.05, 0.1) is 26.6 Å². The van der Waals surface area contributed by atoms with Gasteiger partial charge in [0.1, 0.15) is 11.5 Å². The summed E-state index contributed by atoms with van der Waals surface area (Å²) in [5.41, 5.74) is 3.51. The van der Waals surface area contributed by atoms with Gasteiger partial charge in [-0.15, -0.1) is 0 Å². The molecule has 1 aromatic carbocycles. The minimum atomic E-state index is 0.531. The highest BCUT2D eigenvalue weighted by Crippen LogP contribution is 2.30. The number of nitrogens with two attached hydrogens (primary N) is 1. The number of anilines is 1. The molecule has 15 heavy (non-hydrogen) atoms. The molecule has 3 N–H and O–H groups in total. The van der Waals surface area contributed by atoms with Crippen molar-refractivity contribution in [1.29, 1.82) is 0 Å². The molecule has 0 heterocycles. The molecule has 5 nitrogen and oxygen atoms in total. The molecule has 1 rings (SSSR count). The average molecular weight is 211 g/mol. The third kappa shape index (κ3) is 2.74. The highest BCUT2D eigenvalue weighted by molar-refractivity contribution is 5.61. The average Bonchev–Trinajstić information content (AvgIpc) is 2.28. The second kappa shape index (κ2) is 5.43. The highest BCUT2D eigenvalue weighted by atomic mass is 16.5. The Morgan fingerprint density at radius 2 is 2.07 bits per heavy atom. The van der Waals surface area contributed by atoms with Gasteiger partial charge in [0.25, 0.3) is 0 Å². The van der Waals surface area contributed by atoms with Gasteiger partial charge in [0.2, 0.25) is 0 Å². The van der Waals surface area contributed by atoms with Crippen molar-refractivity contribution in [3.63, 3.8) is 0 Å². The van der Waals surface area contributed by atoms with Crippen LogP contribution in [0, 0.1) is 0 Å². The molecule has 0 amide bonds. The fraction of sp³-hybridized carbons (Fsp3) is 0.400. The number of ether oxygens (including phenoxy) is 2. The summed E-state index contributed by atoms with van der Waals surface area (Å²) >= 11 is 0. The number of nitrogens with one attached hydrogen (secondary N) is 1. The van der Waals surface area contributed by atoms with Gasteiger partial charge in [0, 0.05) is 13.1 Å². The van der Waals surface area contributed by atoms with E-state index in [0.717, 1.165) is 17.2 Å². The number of hydrogen-bond donors (Lipinski definition) is 2. The van der Waals surface area contributed by atoms with Crippen LogP contribution in [0.5, 0.6) is 11.5 Å². The summed E-state index contributed by atoms with van der Waals surface area (Å²) in [6.45, 7) is 0.531. The SMILES string of the molecule is COc1ccc(OC)c(N(C)CNN)c1. The Morgan fingerprint density at radius 1 is 1.33 bits per heavy atom. The first kappa shape index (κ1) is 11.6. The lowest BCUT2D eigenvalue weighted by molar-refractivity contribution is 0.403. The van der Waals surface area contributed by atoms with Crippen molar-refractivity contribution >= 4 is 5.69 Å². The van der Waals surface area contributed by atoms with E-state index in [1.807, 2.05) is 30.1 Å². The van der Waals surface area contributed by atoms with E-state index in [0.29, 0.717) is 6.67 Å². The van der Waals surface area contributed by atoms with Crippen molar-refractivity contribution in [1.82, 2.24) is 5.43 Å². The smallest absolute Gasteiger partial charge is 0.142 e. The van der Waals surface area contributed by atoms with Gasteiger partial charge in [-0.2, -0.15) is 0 Å². The zero-order valence-electron chi connectivity index (χ0n) is 9.28. The maximum absolute atomic E-state index is 5.27. The molecule has 1 aromatic rings. The number of hydrogen-bond acceptors (Lipinski definition) is 5. The van der Waals surface area contributed by atoms with Crippen LogP contribution in [-0.4, -0.2) is 27.9 Å². The highest BCUT2D eigenvalue weighted by Gasteiger charge is 2.08. The molecule has 0 spiro atoms. The van der Waals surface area contributed by atoms with Crippen LogP contribution in [0.4, 0.5) is 5.69 Å². The largest absolute Gasteiger partial charge is 0.497 e. The second-order valence-electron chi connectivity index (χ2n) is 3.10. The fourth-order valence-corrected chi connectivity index (χ4v) is 1.32. The van der Waals surface area contributed by atoms with Crippen molar-refractivity contribution in [2.45, 2.75) is 0 Å². The minimum Gasteiger partial charge on any atom is -0.497 e. The van der Waals surface area contributed by atoms with Crippen molar-refractivity contribution in [2.24, 2.45) is 5.84 Å². The number of nitrogens with zero attached hydrogens (tertiary/aromatic N) is 1. The van der Waals surface area contributed by atoms with Crippen molar-refractivity contribution in [2.75, 3.05) is 32.8 Å². The number of rotatable bonds is 5. The first-order valence-electron chi connectivity index (χ1n) is 4.59. The van der Waals surface area contributed by atoms with Crippen LogP contribution in [0.3, 0.4) is 0 Å². The predicted octanol–water partition coefficient (Wildman–Crippen LogP) is 0.561. The van der Waals surface area contributed by atoms with Gasteiger partial charge in [-0.1, -0.05) is 0 Å². The molecule has 5 heteroatoms. The fourth-order valence-electron chi connectivity index (χ4n) is 1.32. The molecule has 84 valence electrons. The molecule has 0 unspecified atom stereocenters. The Morgan fingerprint density at radius 3 is 2.60 bits per heavy atom. The number of methoxy groups -OCH3 is 2. The molecular weight excluding hydrogens is 194 g/mol. The Labute approximate surface area is 89.7 Å². The standard InChI is InChI=1S/C10H17N3O2/c1-13(7-12-11)9-6-8(14-2)4-5-10(9)15-3/h4-6,12H,7,11H2,1-3H3. The van der Waals surface area contributed by atoms with Crippen LogP contribution in [0.1, 0.15) is 0 Å². The molecule has 0 aromatic heterocycles. The molecule has 0 bridgehead atoms. The van der Waals surface area contributed by atoms with Gasteiger partial charge in [-0.25, -0.2) is 5.43 Å². The normalized spacial score (nSPS) is 9.87. The lowest BCUT2D eigenvalue weighted by atomic mass is 10.2. The van der Waals surface area contributed by atoms with E-state index in [-0.39, 0.29) is 0 Å². The lowest BCUT2D eigenvalue weighted by Crippen LogP contribution is -2.35. The molecule has 0 aliphatic carbocycles. The Balaban J connectivity index is 3.00.